The Labute approximate surface area is 120 Å². The second-order valence-electron chi connectivity index (χ2n) is 5.03. The van der Waals surface area contributed by atoms with Gasteiger partial charge in [-0.15, -0.1) is 0 Å². The van der Waals surface area contributed by atoms with Gasteiger partial charge in [-0.25, -0.2) is 4.79 Å². The molecule has 8 heteroatoms. The van der Waals surface area contributed by atoms with Gasteiger partial charge in [-0.3, -0.25) is 10.1 Å². The molecule has 1 N–H and O–H groups in total. The summed E-state index contributed by atoms with van der Waals surface area (Å²) in [7, 11) is 0. The third kappa shape index (κ3) is 2.93. The third-order valence-electron chi connectivity index (χ3n) is 3.25. The summed E-state index contributed by atoms with van der Waals surface area (Å²) in [6, 6.07) is 6.34. The lowest BCUT2D eigenvalue weighted by Gasteiger charge is -2.48. The minimum atomic E-state index is -1.06. The molecule has 21 heavy (non-hydrogen) atoms. The number of carboxylic acid groups (broad SMARTS) is 1. The molecular formula is C13H13N3O5. The van der Waals surface area contributed by atoms with E-state index in [9.17, 15) is 14.9 Å². The molecule has 0 saturated carbocycles. The van der Waals surface area contributed by atoms with Crippen LogP contribution in [0.4, 0.5) is 11.4 Å². The first-order valence-corrected chi connectivity index (χ1v) is 6.14. The Morgan fingerprint density at radius 3 is 2.81 bits per heavy atom. The summed E-state index contributed by atoms with van der Waals surface area (Å²) in [6.07, 6.45) is 0. The van der Waals surface area contributed by atoms with Crippen molar-refractivity contribution in [1.82, 2.24) is 0 Å². The number of aliphatic carboxylic acids is 1. The highest BCUT2D eigenvalue weighted by molar-refractivity contribution is 5.71. The SMILES string of the molecule is CC1(OCC(=O)O)CN(c2cccc(C#N)c2[N+](=O)[O-])C1. The molecule has 2 rings (SSSR count). The highest BCUT2D eigenvalue weighted by Gasteiger charge is 2.42. The lowest BCUT2D eigenvalue weighted by Crippen LogP contribution is -2.62. The van der Waals surface area contributed by atoms with Crippen molar-refractivity contribution in [3.8, 4) is 6.07 Å². The molecular weight excluding hydrogens is 278 g/mol. The Hall–Kier alpha value is -2.66. The fourth-order valence-electron chi connectivity index (χ4n) is 2.33. The van der Waals surface area contributed by atoms with Crippen molar-refractivity contribution in [2.24, 2.45) is 0 Å². The Kier molecular flexibility index (Phi) is 3.78. The number of anilines is 1. The minimum absolute atomic E-state index is 0.00226. The molecule has 0 aliphatic carbocycles. The van der Waals surface area contributed by atoms with Crippen LogP contribution in [-0.2, 0) is 9.53 Å². The van der Waals surface area contributed by atoms with Crippen LogP contribution in [0, 0.1) is 21.4 Å². The molecule has 0 spiro atoms. The standard InChI is InChI=1S/C13H13N3O5/c1-13(21-6-11(17)18)7-15(8-13)10-4-2-3-9(5-14)12(10)16(19)20/h2-4H,6-8H2,1H3,(H,17,18). The maximum Gasteiger partial charge on any atom is 0.329 e. The molecule has 1 aromatic rings. The number of ether oxygens (including phenoxy) is 1. The lowest BCUT2D eigenvalue weighted by molar-refractivity contribution is -0.384. The average molecular weight is 291 g/mol. The van der Waals surface area contributed by atoms with Crippen molar-refractivity contribution >= 4 is 17.3 Å². The van der Waals surface area contributed by atoms with Crippen LogP contribution in [0.5, 0.6) is 0 Å². The number of nitriles is 1. The molecule has 0 radical (unpaired) electrons. The van der Waals surface area contributed by atoms with Crippen molar-refractivity contribution in [1.29, 1.82) is 5.26 Å². The number of carbonyl (C=O) groups is 1. The van der Waals surface area contributed by atoms with Gasteiger partial charge in [-0.1, -0.05) is 6.07 Å². The van der Waals surface area contributed by atoms with E-state index in [4.69, 9.17) is 15.1 Å². The first-order valence-electron chi connectivity index (χ1n) is 6.14. The smallest absolute Gasteiger partial charge is 0.329 e. The Balaban J connectivity index is 2.18. The number of para-hydroxylation sites is 1. The monoisotopic (exact) mass is 291 g/mol. The van der Waals surface area contributed by atoms with Crippen molar-refractivity contribution in [2.75, 3.05) is 24.6 Å². The van der Waals surface area contributed by atoms with Crippen LogP contribution in [0.2, 0.25) is 0 Å². The molecule has 0 atom stereocenters. The predicted molar refractivity (Wildman–Crippen MR) is 72.0 cm³/mol. The third-order valence-corrected chi connectivity index (χ3v) is 3.25. The van der Waals surface area contributed by atoms with Gasteiger partial charge in [0.25, 0.3) is 0 Å². The second kappa shape index (κ2) is 5.38. The van der Waals surface area contributed by atoms with Crippen molar-refractivity contribution in [2.45, 2.75) is 12.5 Å². The van der Waals surface area contributed by atoms with E-state index in [0.29, 0.717) is 18.8 Å². The van der Waals surface area contributed by atoms with Crippen LogP contribution in [-0.4, -0.2) is 41.3 Å². The molecule has 1 aromatic carbocycles. The number of benzene rings is 1. The van der Waals surface area contributed by atoms with Crippen molar-refractivity contribution in [3.63, 3.8) is 0 Å². The molecule has 1 aliphatic rings. The maximum absolute atomic E-state index is 11.1. The number of hydrogen-bond donors (Lipinski definition) is 1. The topological polar surface area (TPSA) is 117 Å². The highest BCUT2D eigenvalue weighted by atomic mass is 16.6. The number of nitro benzene ring substituents is 1. The predicted octanol–water partition coefficient (Wildman–Crippen LogP) is 1.15. The summed E-state index contributed by atoms with van der Waals surface area (Å²) in [5.41, 5.74) is -0.553. The fourth-order valence-corrected chi connectivity index (χ4v) is 2.33. The summed E-state index contributed by atoms with van der Waals surface area (Å²) in [4.78, 5) is 22.8. The average Bonchev–Trinajstić information content (AvgIpc) is 2.41. The summed E-state index contributed by atoms with van der Waals surface area (Å²) in [5, 5.41) is 28.7. The van der Waals surface area contributed by atoms with E-state index in [1.54, 1.807) is 30.0 Å². The largest absolute Gasteiger partial charge is 0.480 e. The van der Waals surface area contributed by atoms with Gasteiger partial charge in [-0.05, 0) is 19.1 Å². The summed E-state index contributed by atoms with van der Waals surface area (Å²) < 4.78 is 5.26. The van der Waals surface area contributed by atoms with Crippen LogP contribution < -0.4 is 4.90 Å². The Morgan fingerprint density at radius 2 is 2.29 bits per heavy atom. The van der Waals surface area contributed by atoms with Gasteiger partial charge in [0.1, 0.15) is 29.5 Å². The van der Waals surface area contributed by atoms with Crippen LogP contribution in [0.3, 0.4) is 0 Å². The fraction of sp³-hybridized carbons (Fsp3) is 0.385. The zero-order chi connectivity index (χ0) is 15.6. The zero-order valence-electron chi connectivity index (χ0n) is 11.3. The van der Waals surface area contributed by atoms with E-state index >= 15 is 0 Å². The maximum atomic E-state index is 11.1. The summed E-state index contributed by atoms with van der Waals surface area (Å²) in [6.45, 7) is 1.99. The first-order chi connectivity index (χ1) is 9.86. The molecule has 0 unspecified atom stereocenters. The van der Waals surface area contributed by atoms with Gasteiger partial charge in [0.15, 0.2) is 0 Å². The van der Waals surface area contributed by atoms with Crippen LogP contribution in [0.15, 0.2) is 18.2 Å². The van der Waals surface area contributed by atoms with Crippen LogP contribution in [0.25, 0.3) is 0 Å². The number of rotatable bonds is 5. The van der Waals surface area contributed by atoms with E-state index in [1.165, 1.54) is 6.07 Å². The molecule has 1 aliphatic heterocycles. The number of nitrogens with zero attached hydrogens (tertiary/aromatic N) is 3. The van der Waals surface area contributed by atoms with E-state index in [0.717, 1.165) is 0 Å². The first kappa shape index (κ1) is 14.7. The molecule has 0 amide bonds. The Bertz CT molecular complexity index is 631. The quantitative estimate of drug-likeness (QED) is 0.638. The van der Waals surface area contributed by atoms with Crippen LogP contribution >= 0.6 is 0 Å². The minimum Gasteiger partial charge on any atom is -0.480 e. The molecule has 0 aromatic heterocycles. The molecule has 0 bridgehead atoms. The molecule has 1 fully saturated rings. The second-order valence-corrected chi connectivity index (χ2v) is 5.03. The van der Waals surface area contributed by atoms with E-state index in [2.05, 4.69) is 0 Å². The van der Waals surface area contributed by atoms with Crippen molar-refractivity contribution < 1.29 is 19.6 Å². The van der Waals surface area contributed by atoms with Gasteiger partial charge < -0.3 is 14.7 Å². The number of carboxylic acids is 1. The summed E-state index contributed by atoms with van der Waals surface area (Å²) >= 11 is 0. The van der Waals surface area contributed by atoms with E-state index in [1.807, 2.05) is 0 Å². The molecule has 1 saturated heterocycles. The summed E-state index contributed by atoms with van der Waals surface area (Å²) in [5.74, 6) is -1.06. The van der Waals surface area contributed by atoms with E-state index in [-0.39, 0.29) is 11.3 Å². The molecule has 110 valence electrons. The molecule has 8 nitrogen and oxygen atoms in total. The normalized spacial score (nSPS) is 15.9. The van der Waals surface area contributed by atoms with Gasteiger partial charge in [-0.2, -0.15) is 5.26 Å². The van der Waals surface area contributed by atoms with Gasteiger partial charge in [0, 0.05) is 13.1 Å². The Morgan fingerprint density at radius 1 is 1.62 bits per heavy atom. The van der Waals surface area contributed by atoms with Gasteiger partial charge in [0.2, 0.25) is 0 Å². The number of hydrogen-bond acceptors (Lipinski definition) is 6. The zero-order valence-corrected chi connectivity index (χ0v) is 11.3. The van der Waals surface area contributed by atoms with E-state index < -0.39 is 23.1 Å². The van der Waals surface area contributed by atoms with Gasteiger partial charge in [0.05, 0.1) is 4.92 Å². The molecule has 1 heterocycles. The highest BCUT2D eigenvalue weighted by Crippen LogP contribution is 2.37. The van der Waals surface area contributed by atoms with Crippen LogP contribution in [0.1, 0.15) is 12.5 Å². The van der Waals surface area contributed by atoms with Crippen molar-refractivity contribution in [3.05, 3.63) is 33.9 Å². The number of nitro groups is 1. The van der Waals surface area contributed by atoms with Gasteiger partial charge >= 0.3 is 11.7 Å². The lowest BCUT2D eigenvalue weighted by atomic mass is 9.94.